The Morgan fingerprint density at radius 2 is 1.78 bits per heavy atom. The number of halogens is 1. The van der Waals surface area contributed by atoms with Crippen molar-refractivity contribution < 1.29 is 9.18 Å². The third-order valence-corrected chi connectivity index (χ3v) is 3.98. The molecule has 0 saturated carbocycles. The summed E-state index contributed by atoms with van der Waals surface area (Å²) < 4.78 is 13.2. The normalized spacial score (nSPS) is 10.7. The molecule has 27 heavy (non-hydrogen) atoms. The highest BCUT2D eigenvalue weighted by atomic mass is 19.1. The first kappa shape index (κ1) is 16.5. The molecular formula is C19H14FN5O2. The van der Waals surface area contributed by atoms with Gasteiger partial charge in [-0.3, -0.25) is 9.89 Å². The second-order valence-electron chi connectivity index (χ2n) is 5.86. The van der Waals surface area contributed by atoms with Gasteiger partial charge in [-0.05, 0) is 41.5 Å². The van der Waals surface area contributed by atoms with Crippen molar-refractivity contribution in [3.05, 3.63) is 77.0 Å². The number of rotatable bonds is 3. The number of benzene rings is 2. The first-order valence-corrected chi connectivity index (χ1v) is 8.09. The van der Waals surface area contributed by atoms with Gasteiger partial charge >= 0.3 is 6.03 Å². The number of aromatic amines is 2. The zero-order valence-corrected chi connectivity index (χ0v) is 13.9. The second kappa shape index (κ2) is 6.75. The largest absolute Gasteiger partial charge is 0.323 e. The molecule has 0 aliphatic carbocycles. The van der Waals surface area contributed by atoms with Crippen LogP contribution in [0.3, 0.4) is 0 Å². The van der Waals surface area contributed by atoms with E-state index in [1.54, 1.807) is 36.5 Å². The van der Waals surface area contributed by atoms with E-state index in [4.69, 9.17) is 0 Å². The number of carbonyl (C=O) groups is 1. The van der Waals surface area contributed by atoms with Crippen molar-refractivity contribution in [3.8, 4) is 11.1 Å². The van der Waals surface area contributed by atoms with Crippen LogP contribution >= 0.6 is 0 Å². The van der Waals surface area contributed by atoms with E-state index in [0.717, 1.165) is 16.5 Å². The number of H-pyrrole nitrogens is 2. The van der Waals surface area contributed by atoms with Crippen molar-refractivity contribution in [1.29, 1.82) is 0 Å². The van der Waals surface area contributed by atoms with E-state index in [9.17, 15) is 14.0 Å². The Hall–Kier alpha value is -3.94. The van der Waals surface area contributed by atoms with Crippen molar-refractivity contribution in [3.63, 3.8) is 0 Å². The fourth-order valence-electron chi connectivity index (χ4n) is 2.78. The van der Waals surface area contributed by atoms with Crippen molar-refractivity contribution >= 4 is 28.4 Å². The topological polar surface area (TPSA) is 103 Å². The Morgan fingerprint density at radius 1 is 1.00 bits per heavy atom. The molecule has 134 valence electrons. The smallest absolute Gasteiger partial charge is 0.308 e. The zero-order chi connectivity index (χ0) is 18.8. The fourth-order valence-corrected chi connectivity index (χ4v) is 2.78. The van der Waals surface area contributed by atoms with E-state index in [0.29, 0.717) is 17.0 Å². The van der Waals surface area contributed by atoms with Crippen LogP contribution in [0.2, 0.25) is 0 Å². The van der Waals surface area contributed by atoms with Crippen LogP contribution in [0, 0.1) is 5.82 Å². The van der Waals surface area contributed by atoms with Gasteiger partial charge in [-0.2, -0.15) is 5.10 Å². The van der Waals surface area contributed by atoms with Gasteiger partial charge in [0.2, 0.25) is 5.56 Å². The second-order valence-corrected chi connectivity index (χ2v) is 5.86. The van der Waals surface area contributed by atoms with Gasteiger partial charge in [0.05, 0.1) is 0 Å². The average Bonchev–Trinajstić information content (AvgIpc) is 3.10. The van der Waals surface area contributed by atoms with Crippen LogP contribution in [0.15, 0.2) is 65.6 Å². The van der Waals surface area contributed by atoms with E-state index >= 15 is 0 Å². The molecule has 4 aromatic rings. The molecule has 0 bridgehead atoms. The molecule has 0 atom stereocenters. The molecule has 0 radical (unpaired) electrons. The SMILES string of the molecule is O=C(Nc1ccc(-c2cc(=O)[nH]c3n[nH]cc23)cc1)Nc1cccc(F)c1. The molecule has 2 amide bonds. The van der Waals surface area contributed by atoms with Crippen LogP contribution in [0.1, 0.15) is 0 Å². The molecule has 8 heteroatoms. The number of anilines is 2. The quantitative estimate of drug-likeness (QED) is 0.446. The Bertz CT molecular complexity index is 1180. The van der Waals surface area contributed by atoms with E-state index in [1.807, 2.05) is 0 Å². The lowest BCUT2D eigenvalue weighted by Crippen LogP contribution is -2.19. The number of carbonyl (C=O) groups excluding carboxylic acids is 1. The van der Waals surface area contributed by atoms with Gasteiger partial charge in [0, 0.05) is 29.0 Å². The summed E-state index contributed by atoms with van der Waals surface area (Å²) in [5.41, 5.74) is 2.69. The Labute approximate surface area is 152 Å². The number of hydrogen-bond acceptors (Lipinski definition) is 3. The summed E-state index contributed by atoms with van der Waals surface area (Å²) in [5.74, 6) is -0.430. The van der Waals surface area contributed by atoms with Gasteiger partial charge in [-0.25, -0.2) is 9.18 Å². The molecule has 0 saturated heterocycles. The molecule has 4 N–H and O–H groups in total. The molecule has 0 spiro atoms. The maximum atomic E-state index is 13.2. The predicted molar refractivity (Wildman–Crippen MR) is 101 cm³/mol. The number of hydrogen-bond donors (Lipinski definition) is 4. The fraction of sp³-hybridized carbons (Fsp3) is 0. The zero-order valence-electron chi connectivity index (χ0n) is 13.9. The van der Waals surface area contributed by atoms with E-state index in [1.165, 1.54) is 24.3 Å². The van der Waals surface area contributed by atoms with Crippen LogP contribution in [-0.4, -0.2) is 21.2 Å². The summed E-state index contributed by atoms with van der Waals surface area (Å²) in [6.07, 6.45) is 1.71. The van der Waals surface area contributed by atoms with Crippen molar-refractivity contribution in [2.45, 2.75) is 0 Å². The first-order valence-electron chi connectivity index (χ1n) is 8.09. The lowest BCUT2D eigenvalue weighted by Gasteiger charge is -2.09. The van der Waals surface area contributed by atoms with Crippen LogP contribution in [-0.2, 0) is 0 Å². The standard InChI is InChI=1S/C19H14FN5O2/c20-12-2-1-3-14(8-12)23-19(27)22-13-6-4-11(5-7-13)15-9-17(26)24-18-16(15)10-21-25-18/h1-10H,(H2,22,23,27)(H2,21,24,25,26). The summed E-state index contributed by atoms with van der Waals surface area (Å²) >= 11 is 0. The minimum absolute atomic E-state index is 0.249. The van der Waals surface area contributed by atoms with E-state index in [2.05, 4.69) is 25.8 Å². The molecule has 0 unspecified atom stereocenters. The highest BCUT2D eigenvalue weighted by Gasteiger charge is 2.09. The van der Waals surface area contributed by atoms with E-state index < -0.39 is 11.8 Å². The van der Waals surface area contributed by atoms with Gasteiger partial charge < -0.3 is 15.6 Å². The van der Waals surface area contributed by atoms with Gasteiger partial charge in [-0.15, -0.1) is 0 Å². The molecule has 7 nitrogen and oxygen atoms in total. The van der Waals surface area contributed by atoms with Crippen LogP contribution in [0.25, 0.3) is 22.2 Å². The predicted octanol–water partition coefficient (Wildman–Crippen LogP) is 3.70. The van der Waals surface area contributed by atoms with Crippen LogP contribution < -0.4 is 16.2 Å². The maximum absolute atomic E-state index is 13.2. The van der Waals surface area contributed by atoms with E-state index in [-0.39, 0.29) is 5.56 Å². The summed E-state index contributed by atoms with van der Waals surface area (Å²) in [7, 11) is 0. The number of aromatic nitrogens is 3. The first-order chi connectivity index (χ1) is 13.1. The van der Waals surface area contributed by atoms with Gasteiger partial charge in [-0.1, -0.05) is 18.2 Å². The summed E-state index contributed by atoms with van der Waals surface area (Å²) in [5, 5.41) is 12.7. The lowest BCUT2D eigenvalue weighted by molar-refractivity contribution is 0.262. The van der Waals surface area contributed by atoms with Crippen molar-refractivity contribution in [1.82, 2.24) is 15.2 Å². The highest BCUT2D eigenvalue weighted by Crippen LogP contribution is 2.26. The molecule has 4 rings (SSSR count). The number of nitrogens with zero attached hydrogens (tertiary/aromatic N) is 1. The third-order valence-electron chi connectivity index (χ3n) is 3.98. The van der Waals surface area contributed by atoms with Gasteiger partial charge in [0.25, 0.3) is 0 Å². The average molecular weight is 363 g/mol. The molecule has 0 aliphatic heterocycles. The molecule has 0 fully saturated rings. The van der Waals surface area contributed by atoms with Crippen LogP contribution in [0.5, 0.6) is 0 Å². The number of amides is 2. The molecular weight excluding hydrogens is 349 g/mol. The molecule has 0 aliphatic rings. The number of urea groups is 1. The van der Waals surface area contributed by atoms with Crippen molar-refractivity contribution in [2.24, 2.45) is 0 Å². The summed E-state index contributed by atoms with van der Waals surface area (Å²) in [6.45, 7) is 0. The molecule has 2 aromatic heterocycles. The van der Waals surface area contributed by atoms with Gasteiger partial charge in [0.15, 0.2) is 5.65 Å². The Kier molecular flexibility index (Phi) is 4.13. The number of nitrogens with one attached hydrogen (secondary N) is 4. The number of pyridine rings is 1. The minimum Gasteiger partial charge on any atom is -0.308 e. The Balaban J connectivity index is 1.53. The highest BCUT2D eigenvalue weighted by molar-refractivity contribution is 6.00. The molecule has 2 heterocycles. The molecule has 2 aromatic carbocycles. The van der Waals surface area contributed by atoms with Crippen molar-refractivity contribution in [2.75, 3.05) is 10.6 Å². The van der Waals surface area contributed by atoms with Gasteiger partial charge in [0.1, 0.15) is 5.82 Å². The Morgan fingerprint density at radius 3 is 2.56 bits per heavy atom. The minimum atomic E-state index is -0.485. The summed E-state index contributed by atoms with van der Waals surface area (Å²) in [4.78, 5) is 26.5. The van der Waals surface area contributed by atoms with Crippen LogP contribution in [0.4, 0.5) is 20.6 Å². The maximum Gasteiger partial charge on any atom is 0.323 e. The lowest BCUT2D eigenvalue weighted by atomic mass is 10.0. The number of fused-ring (bicyclic) bond motifs is 1. The third kappa shape index (κ3) is 3.54. The monoisotopic (exact) mass is 363 g/mol. The summed E-state index contributed by atoms with van der Waals surface area (Å²) in [6, 6.07) is 13.7.